The van der Waals surface area contributed by atoms with Crippen LogP contribution in [0.4, 0.5) is 14.9 Å². The van der Waals surface area contributed by atoms with Gasteiger partial charge in [0.05, 0.1) is 15.5 Å². The van der Waals surface area contributed by atoms with E-state index in [2.05, 4.69) is 5.32 Å². The first-order chi connectivity index (χ1) is 17.0. The standard InChI is InChI=1S/C25H19ClFN3O5S/c1-13-9-16(14(2)30(13)18-6-3-15(4-7-18)24(33)34)10-21-23(32)29(25(35)36-21)12-22(31)28-17-5-8-20(27)19(26)11-17/h3-11H,12H2,1-2H3,(H,28,31)(H,33,34)/b21-10+. The smallest absolute Gasteiger partial charge is 0.335 e. The fourth-order valence-corrected chi connectivity index (χ4v) is 4.79. The van der Waals surface area contributed by atoms with Crippen LogP contribution in [0.25, 0.3) is 11.8 Å². The maximum Gasteiger partial charge on any atom is 0.335 e. The largest absolute Gasteiger partial charge is 0.478 e. The van der Waals surface area contributed by atoms with Gasteiger partial charge < -0.3 is 15.0 Å². The summed E-state index contributed by atoms with van der Waals surface area (Å²) >= 11 is 6.44. The van der Waals surface area contributed by atoms with Crippen LogP contribution in [0.1, 0.15) is 27.3 Å². The second-order valence-electron chi connectivity index (χ2n) is 7.96. The maximum absolute atomic E-state index is 13.3. The zero-order valence-corrected chi connectivity index (χ0v) is 20.6. The van der Waals surface area contributed by atoms with E-state index >= 15 is 0 Å². The van der Waals surface area contributed by atoms with Crippen molar-refractivity contribution >= 4 is 58.1 Å². The number of anilines is 1. The number of hydrogen-bond donors (Lipinski definition) is 2. The molecule has 0 atom stereocenters. The normalized spacial score (nSPS) is 14.6. The number of carbonyl (C=O) groups excluding carboxylic acids is 3. The minimum atomic E-state index is -1.02. The van der Waals surface area contributed by atoms with Crippen LogP contribution in [0.15, 0.2) is 53.4 Å². The van der Waals surface area contributed by atoms with Gasteiger partial charge in [-0.25, -0.2) is 9.18 Å². The van der Waals surface area contributed by atoms with Crippen molar-refractivity contribution in [3.05, 3.63) is 86.8 Å². The van der Waals surface area contributed by atoms with Gasteiger partial charge in [0.15, 0.2) is 0 Å². The molecule has 36 heavy (non-hydrogen) atoms. The van der Waals surface area contributed by atoms with Crippen LogP contribution in [0, 0.1) is 19.7 Å². The monoisotopic (exact) mass is 527 g/mol. The molecule has 8 nitrogen and oxygen atoms in total. The molecule has 0 bridgehead atoms. The Morgan fingerprint density at radius 2 is 1.81 bits per heavy atom. The second-order valence-corrected chi connectivity index (χ2v) is 9.36. The molecule has 1 aromatic heterocycles. The third kappa shape index (κ3) is 5.05. The summed E-state index contributed by atoms with van der Waals surface area (Å²) in [5.41, 5.74) is 3.48. The number of carboxylic acids is 1. The Morgan fingerprint density at radius 3 is 2.44 bits per heavy atom. The van der Waals surface area contributed by atoms with E-state index in [9.17, 15) is 23.6 Å². The van der Waals surface area contributed by atoms with Crippen LogP contribution in [0.2, 0.25) is 5.02 Å². The Morgan fingerprint density at radius 1 is 1.11 bits per heavy atom. The Hall–Kier alpha value is -3.89. The molecule has 0 aliphatic carbocycles. The van der Waals surface area contributed by atoms with E-state index in [-0.39, 0.29) is 21.2 Å². The molecular formula is C25H19ClFN3O5S. The number of carboxylic acid groups (broad SMARTS) is 1. The van der Waals surface area contributed by atoms with E-state index in [4.69, 9.17) is 16.7 Å². The van der Waals surface area contributed by atoms with Crippen LogP contribution in [0.3, 0.4) is 0 Å². The highest BCUT2D eigenvalue weighted by molar-refractivity contribution is 8.18. The fraction of sp³-hybridized carbons (Fsp3) is 0.120. The van der Waals surface area contributed by atoms with Crippen LogP contribution in [-0.4, -0.2) is 44.1 Å². The first kappa shape index (κ1) is 25.2. The molecule has 1 saturated heterocycles. The molecule has 4 rings (SSSR count). The summed E-state index contributed by atoms with van der Waals surface area (Å²) in [4.78, 5) is 49.9. The third-order valence-electron chi connectivity index (χ3n) is 5.51. The Balaban J connectivity index is 1.52. The lowest BCUT2D eigenvalue weighted by Gasteiger charge is -2.12. The molecule has 0 radical (unpaired) electrons. The molecule has 2 N–H and O–H groups in total. The average molecular weight is 528 g/mol. The Bertz CT molecular complexity index is 1450. The van der Waals surface area contributed by atoms with Gasteiger partial charge in [0.25, 0.3) is 11.1 Å². The van der Waals surface area contributed by atoms with Gasteiger partial charge >= 0.3 is 5.97 Å². The number of carbonyl (C=O) groups is 4. The average Bonchev–Trinajstić information content (AvgIpc) is 3.25. The summed E-state index contributed by atoms with van der Waals surface area (Å²) in [5, 5.41) is 10.8. The number of imide groups is 1. The number of benzene rings is 2. The lowest BCUT2D eigenvalue weighted by Crippen LogP contribution is -2.36. The number of thioether (sulfide) groups is 1. The molecule has 11 heteroatoms. The summed E-state index contributed by atoms with van der Waals surface area (Å²) in [6, 6.07) is 11.9. The van der Waals surface area contributed by atoms with E-state index < -0.39 is 35.4 Å². The molecule has 3 amide bonds. The number of rotatable bonds is 6. The van der Waals surface area contributed by atoms with E-state index in [0.29, 0.717) is 5.56 Å². The van der Waals surface area contributed by atoms with Crippen molar-refractivity contribution in [2.24, 2.45) is 0 Å². The van der Waals surface area contributed by atoms with Gasteiger partial charge in [0.1, 0.15) is 12.4 Å². The minimum Gasteiger partial charge on any atom is -0.478 e. The number of halogens is 2. The van der Waals surface area contributed by atoms with Gasteiger partial charge in [0.2, 0.25) is 5.91 Å². The number of nitrogens with one attached hydrogen (secondary N) is 1. The minimum absolute atomic E-state index is 0.166. The van der Waals surface area contributed by atoms with Crippen molar-refractivity contribution in [2.45, 2.75) is 13.8 Å². The molecular weight excluding hydrogens is 509 g/mol. The van der Waals surface area contributed by atoms with Crippen LogP contribution in [0.5, 0.6) is 0 Å². The van der Waals surface area contributed by atoms with Crippen molar-refractivity contribution in [2.75, 3.05) is 11.9 Å². The third-order valence-corrected chi connectivity index (χ3v) is 6.71. The molecule has 184 valence electrons. The van der Waals surface area contributed by atoms with Crippen molar-refractivity contribution in [1.29, 1.82) is 0 Å². The quantitative estimate of drug-likeness (QED) is 0.423. The van der Waals surface area contributed by atoms with Gasteiger partial charge in [-0.05, 0) is 85.8 Å². The Labute approximate surface area is 214 Å². The van der Waals surface area contributed by atoms with Gasteiger partial charge in [0, 0.05) is 22.8 Å². The van der Waals surface area contributed by atoms with Crippen molar-refractivity contribution < 1.29 is 28.7 Å². The van der Waals surface area contributed by atoms with E-state index in [1.165, 1.54) is 24.3 Å². The number of aromatic nitrogens is 1. The highest BCUT2D eigenvalue weighted by Gasteiger charge is 2.36. The second kappa shape index (κ2) is 10.00. The lowest BCUT2D eigenvalue weighted by molar-refractivity contribution is -0.127. The zero-order chi connectivity index (χ0) is 26.1. The number of hydrogen-bond acceptors (Lipinski definition) is 5. The Kier molecular flexibility index (Phi) is 7.00. The predicted octanol–water partition coefficient (Wildman–Crippen LogP) is 5.26. The number of amides is 3. The summed E-state index contributed by atoms with van der Waals surface area (Å²) in [5.74, 6) is -2.89. The highest BCUT2D eigenvalue weighted by Crippen LogP contribution is 2.34. The molecule has 0 saturated carbocycles. The van der Waals surface area contributed by atoms with Gasteiger partial charge in [-0.1, -0.05) is 11.6 Å². The summed E-state index contributed by atoms with van der Waals surface area (Å²) in [6.45, 7) is 3.20. The summed E-state index contributed by atoms with van der Waals surface area (Å²) < 4.78 is 15.2. The van der Waals surface area contributed by atoms with E-state index in [0.717, 1.165) is 39.8 Å². The number of aromatic carboxylic acids is 1. The molecule has 1 aliphatic rings. The van der Waals surface area contributed by atoms with Crippen molar-refractivity contribution in [3.63, 3.8) is 0 Å². The molecule has 0 unspecified atom stereocenters. The molecule has 0 spiro atoms. The first-order valence-corrected chi connectivity index (χ1v) is 11.8. The SMILES string of the molecule is Cc1cc(/C=C2/SC(=O)N(CC(=O)Nc3ccc(F)c(Cl)c3)C2=O)c(C)n1-c1ccc(C(=O)O)cc1. The zero-order valence-electron chi connectivity index (χ0n) is 19.0. The van der Waals surface area contributed by atoms with Crippen LogP contribution >= 0.6 is 23.4 Å². The molecule has 2 heterocycles. The van der Waals surface area contributed by atoms with Crippen molar-refractivity contribution in [1.82, 2.24) is 9.47 Å². The number of nitrogens with zero attached hydrogens (tertiary/aromatic N) is 2. The van der Waals surface area contributed by atoms with Crippen LogP contribution < -0.4 is 5.32 Å². The first-order valence-electron chi connectivity index (χ1n) is 10.6. The molecule has 2 aromatic carbocycles. The molecule has 1 fully saturated rings. The fourth-order valence-electron chi connectivity index (χ4n) is 3.78. The van der Waals surface area contributed by atoms with Crippen LogP contribution in [-0.2, 0) is 9.59 Å². The predicted molar refractivity (Wildman–Crippen MR) is 135 cm³/mol. The van der Waals surface area contributed by atoms with Gasteiger partial charge in [-0.2, -0.15) is 0 Å². The maximum atomic E-state index is 13.3. The topological polar surface area (TPSA) is 109 Å². The highest BCUT2D eigenvalue weighted by atomic mass is 35.5. The van der Waals surface area contributed by atoms with E-state index in [1.54, 1.807) is 18.2 Å². The molecule has 3 aromatic rings. The summed E-state index contributed by atoms with van der Waals surface area (Å²) in [6.07, 6.45) is 1.59. The molecule has 1 aliphatic heterocycles. The summed E-state index contributed by atoms with van der Waals surface area (Å²) in [7, 11) is 0. The van der Waals surface area contributed by atoms with E-state index in [1.807, 2.05) is 24.5 Å². The number of aryl methyl sites for hydroxylation is 1. The van der Waals surface area contributed by atoms with Gasteiger partial charge in [-0.3, -0.25) is 19.3 Å². The van der Waals surface area contributed by atoms with Gasteiger partial charge in [-0.15, -0.1) is 0 Å². The van der Waals surface area contributed by atoms with Crippen molar-refractivity contribution in [3.8, 4) is 5.69 Å². The lowest BCUT2D eigenvalue weighted by atomic mass is 10.2.